The van der Waals surface area contributed by atoms with E-state index in [-0.39, 0.29) is 17.9 Å². The zero-order chi connectivity index (χ0) is 16.7. The summed E-state index contributed by atoms with van der Waals surface area (Å²) in [5.74, 6) is 0.718. The van der Waals surface area contributed by atoms with Crippen molar-refractivity contribution in [2.24, 2.45) is 17.8 Å². The van der Waals surface area contributed by atoms with E-state index in [9.17, 15) is 14.0 Å². The van der Waals surface area contributed by atoms with Crippen LogP contribution >= 0.6 is 0 Å². The topological polar surface area (TPSA) is 58.2 Å². The van der Waals surface area contributed by atoms with Crippen molar-refractivity contribution < 1.29 is 14.0 Å². The molecule has 4 saturated carbocycles. The van der Waals surface area contributed by atoms with Crippen LogP contribution in [0.3, 0.4) is 0 Å². The summed E-state index contributed by atoms with van der Waals surface area (Å²) in [4.78, 5) is 24.4. The first kappa shape index (κ1) is 15.6. The minimum Gasteiger partial charge on any atom is -0.344 e. The minimum absolute atomic E-state index is 0.154. The highest BCUT2D eigenvalue weighted by Gasteiger charge is 2.51. The number of nitrogens with one attached hydrogen (secondary N) is 2. The standard InChI is InChI=1S/C19H23FN2O2/c20-16-3-1-12(2-4-16)11-21-17(23)18(24)22-19-8-13-5-14(9-19)7-15(6-13)10-19/h1-4,13-15H,5-11H2,(H,21,23)(H,22,24). The van der Waals surface area contributed by atoms with Crippen LogP contribution in [0.1, 0.15) is 44.1 Å². The molecule has 2 amide bonds. The van der Waals surface area contributed by atoms with Crippen molar-refractivity contribution in [1.29, 1.82) is 0 Å². The van der Waals surface area contributed by atoms with Crippen molar-refractivity contribution in [2.45, 2.75) is 50.6 Å². The quantitative estimate of drug-likeness (QED) is 0.837. The number of benzene rings is 1. The largest absolute Gasteiger partial charge is 0.344 e. The Hall–Kier alpha value is -1.91. The van der Waals surface area contributed by atoms with Gasteiger partial charge in [0.25, 0.3) is 0 Å². The molecule has 2 N–H and O–H groups in total. The van der Waals surface area contributed by atoms with Crippen LogP contribution in [0.4, 0.5) is 4.39 Å². The van der Waals surface area contributed by atoms with Crippen molar-refractivity contribution in [3.63, 3.8) is 0 Å². The lowest BCUT2D eigenvalue weighted by Crippen LogP contribution is -2.61. The van der Waals surface area contributed by atoms with Crippen LogP contribution in [-0.4, -0.2) is 17.4 Å². The van der Waals surface area contributed by atoms with E-state index in [1.165, 1.54) is 31.4 Å². The molecule has 0 aliphatic heterocycles. The van der Waals surface area contributed by atoms with Gasteiger partial charge in [-0.05, 0) is 74.0 Å². The zero-order valence-corrected chi connectivity index (χ0v) is 13.7. The van der Waals surface area contributed by atoms with E-state index in [1.54, 1.807) is 12.1 Å². The summed E-state index contributed by atoms with van der Waals surface area (Å²) in [6, 6.07) is 5.90. The first-order valence-electron chi connectivity index (χ1n) is 8.86. The summed E-state index contributed by atoms with van der Waals surface area (Å²) < 4.78 is 12.9. The maximum Gasteiger partial charge on any atom is 0.309 e. The number of halogens is 1. The predicted octanol–water partition coefficient (Wildman–Crippen LogP) is 2.53. The van der Waals surface area contributed by atoms with Gasteiger partial charge in [0.2, 0.25) is 0 Å². The van der Waals surface area contributed by atoms with Gasteiger partial charge < -0.3 is 10.6 Å². The highest BCUT2D eigenvalue weighted by molar-refractivity contribution is 6.35. The normalized spacial score (nSPS) is 33.3. The van der Waals surface area contributed by atoms with Crippen molar-refractivity contribution in [2.75, 3.05) is 0 Å². The van der Waals surface area contributed by atoms with Gasteiger partial charge in [-0.25, -0.2) is 4.39 Å². The van der Waals surface area contributed by atoms with Crippen molar-refractivity contribution >= 4 is 11.8 Å². The van der Waals surface area contributed by atoms with Crippen molar-refractivity contribution in [1.82, 2.24) is 10.6 Å². The molecular formula is C19H23FN2O2. The van der Waals surface area contributed by atoms with Gasteiger partial charge in [-0.15, -0.1) is 0 Å². The monoisotopic (exact) mass is 330 g/mol. The Morgan fingerprint density at radius 1 is 0.958 bits per heavy atom. The zero-order valence-electron chi connectivity index (χ0n) is 13.7. The molecule has 0 atom stereocenters. The third kappa shape index (κ3) is 3.04. The van der Waals surface area contributed by atoms with Gasteiger partial charge >= 0.3 is 11.8 Å². The van der Waals surface area contributed by atoms with Crippen LogP contribution in [0.5, 0.6) is 0 Å². The Bertz CT molecular complexity index is 621. The molecule has 4 fully saturated rings. The number of hydrogen-bond donors (Lipinski definition) is 2. The summed E-state index contributed by atoms with van der Waals surface area (Å²) in [5, 5.41) is 5.69. The Kier molecular flexibility index (Phi) is 3.82. The second kappa shape index (κ2) is 5.87. The van der Waals surface area contributed by atoms with E-state index < -0.39 is 11.8 Å². The summed E-state index contributed by atoms with van der Waals surface area (Å²) in [6.07, 6.45) is 6.96. The summed E-state index contributed by atoms with van der Waals surface area (Å²) in [5.41, 5.74) is 0.617. The molecule has 0 heterocycles. The van der Waals surface area contributed by atoms with E-state index in [4.69, 9.17) is 0 Å². The van der Waals surface area contributed by atoms with E-state index in [0.717, 1.165) is 42.6 Å². The summed E-state index contributed by atoms with van der Waals surface area (Å²) in [7, 11) is 0. The van der Waals surface area contributed by atoms with Crippen LogP contribution in [0.25, 0.3) is 0 Å². The van der Waals surface area contributed by atoms with Gasteiger partial charge in [0.05, 0.1) is 0 Å². The summed E-state index contributed by atoms with van der Waals surface area (Å²) in [6.45, 7) is 0.230. The number of rotatable bonds is 3. The number of amides is 2. The Balaban J connectivity index is 1.34. The molecule has 0 aromatic heterocycles. The fourth-order valence-corrected chi connectivity index (χ4v) is 5.43. The predicted molar refractivity (Wildman–Crippen MR) is 87.3 cm³/mol. The van der Waals surface area contributed by atoms with Crippen LogP contribution in [0, 0.1) is 23.6 Å². The fraction of sp³-hybridized carbons (Fsp3) is 0.579. The smallest absolute Gasteiger partial charge is 0.309 e. The lowest BCUT2D eigenvalue weighted by Gasteiger charge is -2.56. The second-order valence-electron chi connectivity index (χ2n) is 7.96. The Labute approximate surface area is 141 Å². The molecule has 1 aromatic carbocycles. The molecule has 0 unspecified atom stereocenters. The number of hydrogen-bond acceptors (Lipinski definition) is 2. The highest BCUT2D eigenvalue weighted by atomic mass is 19.1. The number of carbonyl (C=O) groups is 2. The molecule has 4 aliphatic rings. The first-order valence-corrected chi connectivity index (χ1v) is 8.86. The molecule has 5 heteroatoms. The van der Waals surface area contributed by atoms with Crippen molar-refractivity contribution in [3.8, 4) is 0 Å². The molecule has 0 saturated heterocycles. The molecule has 4 bridgehead atoms. The van der Waals surface area contributed by atoms with E-state index in [2.05, 4.69) is 10.6 Å². The fourth-order valence-electron chi connectivity index (χ4n) is 5.43. The van der Waals surface area contributed by atoms with Crippen LogP contribution in [-0.2, 0) is 16.1 Å². The lowest BCUT2D eigenvalue weighted by molar-refractivity contribution is -0.142. The average molecular weight is 330 g/mol. The van der Waals surface area contributed by atoms with Gasteiger partial charge in [0.15, 0.2) is 0 Å². The van der Waals surface area contributed by atoms with E-state index in [1.807, 2.05) is 0 Å². The summed E-state index contributed by atoms with van der Waals surface area (Å²) >= 11 is 0. The SMILES string of the molecule is O=C(NCc1ccc(F)cc1)C(=O)NC12CC3CC(CC(C3)C1)C2. The molecule has 1 aromatic rings. The van der Waals surface area contributed by atoms with Crippen LogP contribution in [0.15, 0.2) is 24.3 Å². The third-order valence-electron chi connectivity index (χ3n) is 5.99. The third-order valence-corrected chi connectivity index (χ3v) is 5.99. The maximum atomic E-state index is 12.9. The molecule has 24 heavy (non-hydrogen) atoms. The molecule has 5 rings (SSSR count). The van der Waals surface area contributed by atoms with Gasteiger partial charge in [0.1, 0.15) is 5.82 Å². The van der Waals surface area contributed by atoms with Gasteiger partial charge in [-0.3, -0.25) is 9.59 Å². The van der Waals surface area contributed by atoms with E-state index >= 15 is 0 Å². The van der Waals surface area contributed by atoms with Gasteiger partial charge in [-0.1, -0.05) is 12.1 Å². The molecule has 4 nitrogen and oxygen atoms in total. The van der Waals surface area contributed by atoms with Crippen LogP contribution in [0.2, 0.25) is 0 Å². The molecular weight excluding hydrogens is 307 g/mol. The molecule has 0 radical (unpaired) electrons. The molecule has 0 spiro atoms. The minimum atomic E-state index is -0.602. The Morgan fingerprint density at radius 2 is 1.50 bits per heavy atom. The molecule has 128 valence electrons. The van der Waals surface area contributed by atoms with Crippen LogP contribution < -0.4 is 10.6 Å². The first-order chi connectivity index (χ1) is 11.5. The Morgan fingerprint density at radius 3 is 2.04 bits per heavy atom. The van der Waals surface area contributed by atoms with Crippen molar-refractivity contribution in [3.05, 3.63) is 35.6 Å². The number of carbonyl (C=O) groups excluding carboxylic acids is 2. The highest BCUT2D eigenvalue weighted by Crippen LogP contribution is 2.55. The van der Waals surface area contributed by atoms with Gasteiger partial charge in [0, 0.05) is 12.1 Å². The molecule has 4 aliphatic carbocycles. The van der Waals surface area contributed by atoms with E-state index in [0.29, 0.717) is 0 Å². The maximum absolute atomic E-state index is 12.9. The van der Waals surface area contributed by atoms with Gasteiger partial charge in [-0.2, -0.15) is 0 Å². The average Bonchev–Trinajstić information content (AvgIpc) is 2.52. The lowest BCUT2D eigenvalue weighted by atomic mass is 9.53. The second-order valence-corrected chi connectivity index (χ2v) is 7.96.